The molecule has 0 unspecified atom stereocenters. The number of carbonyl (C=O) groups excluding carboxylic acids is 3. The Morgan fingerprint density at radius 2 is 1.00 bits per heavy atom. The number of rotatable bonds is 19. The van der Waals surface area contributed by atoms with Gasteiger partial charge in [-0.15, -0.1) is 0 Å². The summed E-state index contributed by atoms with van der Waals surface area (Å²) in [5.41, 5.74) is 0. The zero-order chi connectivity index (χ0) is 34.4. The van der Waals surface area contributed by atoms with Gasteiger partial charge >= 0.3 is 17.9 Å². The average Bonchev–Trinajstić information content (AvgIpc) is 2.95. The van der Waals surface area contributed by atoms with Gasteiger partial charge in [-0.05, 0) is 68.5 Å². The molecule has 0 aliphatic heterocycles. The predicted molar refractivity (Wildman–Crippen MR) is 171 cm³/mol. The van der Waals surface area contributed by atoms with Crippen LogP contribution in [0.1, 0.15) is 88.5 Å². The number of methoxy groups -OCH3 is 3. The first-order valence-electron chi connectivity index (χ1n) is 15.2. The van der Waals surface area contributed by atoms with Crippen molar-refractivity contribution in [1.82, 2.24) is 14.7 Å². The maximum Gasteiger partial charge on any atom is 0.306 e. The summed E-state index contributed by atoms with van der Waals surface area (Å²) in [7, 11) is 4.44. The van der Waals surface area contributed by atoms with Crippen LogP contribution >= 0.6 is 0 Å². The normalized spacial score (nSPS) is 10.6. The molecule has 0 aromatic rings. The first kappa shape index (κ1) is 47.6. The number of carboxylic acids is 1. The third-order valence-corrected chi connectivity index (χ3v) is 6.31. The molecule has 0 heterocycles. The molecule has 0 amide bonds. The summed E-state index contributed by atoms with van der Waals surface area (Å²) in [5, 5.41) is 8.50. The molecule has 0 spiro atoms. The minimum absolute atomic E-state index is 0.110. The van der Waals surface area contributed by atoms with Crippen molar-refractivity contribution in [3.05, 3.63) is 0 Å². The zero-order valence-electron chi connectivity index (χ0n) is 29.5. The maximum absolute atomic E-state index is 11.0. The van der Waals surface area contributed by atoms with Gasteiger partial charge in [-0.2, -0.15) is 0 Å². The van der Waals surface area contributed by atoms with Gasteiger partial charge in [0, 0.05) is 51.4 Å². The molecule has 258 valence electrons. The lowest BCUT2D eigenvalue weighted by atomic mass is 10.2. The molecule has 12 heteroatoms. The molecule has 0 aromatic heterocycles. The number of hydrogen-bond donors (Lipinski definition) is 1. The fraction of sp³-hybridized carbons (Fsp3) is 0.871. The fourth-order valence-corrected chi connectivity index (χ4v) is 3.34. The molecule has 0 saturated carbocycles. The number of esters is 2. The minimum Gasteiger partial charge on any atom is -0.481 e. The number of nitrogens with zero attached hydrogens (tertiary/aromatic N) is 3. The Morgan fingerprint density at radius 1 is 0.651 bits per heavy atom. The highest BCUT2D eigenvalue weighted by Crippen LogP contribution is 2.03. The Hall–Kier alpha value is -2.28. The Bertz CT molecular complexity index is 651. The summed E-state index contributed by atoms with van der Waals surface area (Å²) < 4.78 is 18.4. The lowest BCUT2D eigenvalue weighted by Crippen LogP contribution is -2.35. The zero-order valence-corrected chi connectivity index (χ0v) is 29.5. The van der Waals surface area contributed by atoms with Gasteiger partial charge in [-0.25, -0.2) is 0 Å². The summed E-state index contributed by atoms with van der Waals surface area (Å²) in [5.74, 6) is -1.28. The van der Waals surface area contributed by atoms with Crippen molar-refractivity contribution in [3.8, 4) is 0 Å². The highest BCUT2D eigenvalue weighted by atomic mass is 16.5. The molecule has 0 saturated heterocycles. The van der Waals surface area contributed by atoms with Gasteiger partial charge in [0.2, 0.25) is 0 Å². The van der Waals surface area contributed by atoms with Crippen molar-refractivity contribution in [2.75, 3.05) is 67.2 Å². The van der Waals surface area contributed by atoms with E-state index in [4.69, 9.17) is 9.84 Å². The van der Waals surface area contributed by atoms with Gasteiger partial charge in [-0.3, -0.25) is 29.0 Å². The lowest BCUT2D eigenvalue weighted by Gasteiger charge is -2.25. The summed E-state index contributed by atoms with van der Waals surface area (Å²) in [6.07, 6.45) is 1.18. The van der Waals surface area contributed by atoms with Crippen LogP contribution in [0.2, 0.25) is 0 Å². The highest BCUT2D eigenvalue weighted by Gasteiger charge is 2.14. The monoisotopic (exact) mass is 623 g/mol. The van der Waals surface area contributed by atoms with E-state index in [2.05, 4.69) is 46.8 Å². The molecule has 0 aliphatic rings. The Labute approximate surface area is 262 Å². The van der Waals surface area contributed by atoms with Crippen LogP contribution in [0.15, 0.2) is 0 Å². The number of ether oxygens (including phenoxy) is 4. The van der Waals surface area contributed by atoms with Crippen LogP contribution in [0.4, 0.5) is 0 Å². The van der Waals surface area contributed by atoms with Gasteiger partial charge in [0.05, 0.1) is 39.6 Å². The molecule has 12 nitrogen and oxygen atoms in total. The number of aliphatic carboxylic acids is 1. The number of carbonyl (C=O) groups is 4. The fourth-order valence-electron chi connectivity index (χ4n) is 3.34. The highest BCUT2D eigenvalue weighted by molar-refractivity contribution is 5.70. The molecular formula is C31H65N3O9. The van der Waals surface area contributed by atoms with Crippen LogP contribution in [-0.4, -0.2) is 136 Å². The molecule has 0 atom stereocenters. The van der Waals surface area contributed by atoms with Gasteiger partial charge in [-0.1, -0.05) is 13.8 Å². The van der Waals surface area contributed by atoms with Crippen LogP contribution in [0.3, 0.4) is 0 Å². The standard InChI is InChI=1S/C11H21NO4.C9H17NO4.C7H17N.C4H10O/c1-9(2)12(7-5-10(13)15-3)8-6-11(14)16-4;1-8(2)10(4-3-9(12)13)5-6-14-7-11;1-5-8(6-2)7(3)4;1-4(2)5-3/h9H,5-8H2,1-4H3;7-8H,3-6H2,1-2H3,(H,12,13);7H,5-6H2,1-4H3;4H,1-3H3. The van der Waals surface area contributed by atoms with Crippen molar-refractivity contribution >= 4 is 24.4 Å². The maximum atomic E-state index is 11.0. The lowest BCUT2D eigenvalue weighted by molar-refractivity contribution is -0.141. The second-order valence-electron chi connectivity index (χ2n) is 10.6. The van der Waals surface area contributed by atoms with E-state index in [9.17, 15) is 19.2 Å². The number of carboxylic acid groups (broad SMARTS) is 1. The van der Waals surface area contributed by atoms with Crippen LogP contribution in [0.5, 0.6) is 0 Å². The van der Waals surface area contributed by atoms with Crippen LogP contribution in [-0.2, 0) is 38.1 Å². The van der Waals surface area contributed by atoms with Gasteiger partial charge in [0.15, 0.2) is 0 Å². The van der Waals surface area contributed by atoms with Gasteiger partial charge in [0.25, 0.3) is 6.47 Å². The van der Waals surface area contributed by atoms with Crippen molar-refractivity contribution in [3.63, 3.8) is 0 Å². The summed E-state index contributed by atoms with van der Waals surface area (Å²) >= 11 is 0. The van der Waals surface area contributed by atoms with Crippen molar-refractivity contribution < 1.29 is 43.2 Å². The van der Waals surface area contributed by atoms with E-state index in [1.54, 1.807) is 7.11 Å². The Kier molecular flexibility index (Phi) is 36.2. The first-order valence-corrected chi connectivity index (χ1v) is 15.2. The first-order chi connectivity index (χ1) is 20.1. The van der Waals surface area contributed by atoms with E-state index < -0.39 is 5.97 Å². The van der Waals surface area contributed by atoms with Crippen molar-refractivity contribution in [2.45, 2.75) is 113 Å². The van der Waals surface area contributed by atoms with E-state index in [0.29, 0.717) is 64.2 Å². The topological polar surface area (TPSA) is 135 Å². The molecule has 0 aliphatic carbocycles. The van der Waals surface area contributed by atoms with E-state index in [0.717, 1.165) is 0 Å². The quantitative estimate of drug-likeness (QED) is 0.0966. The van der Waals surface area contributed by atoms with Gasteiger partial charge < -0.3 is 29.0 Å². The molecule has 1 N–H and O–H groups in total. The van der Waals surface area contributed by atoms with Crippen LogP contribution in [0, 0.1) is 0 Å². The second-order valence-corrected chi connectivity index (χ2v) is 10.6. The molecule has 0 fully saturated rings. The van der Waals surface area contributed by atoms with Crippen LogP contribution < -0.4 is 0 Å². The van der Waals surface area contributed by atoms with Gasteiger partial charge in [0.1, 0.15) is 6.61 Å². The van der Waals surface area contributed by atoms with Crippen molar-refractivity contribution in [2.24, 2.45) is 0 Å². The summed E-state index contributed by atoms with van der Waals surface area (Å²) in [6, 6.07) is 1.25. The second kappa shape index (κ2) is 32.6. The molecule has 0 bridgehead atoms. The Morgan fingerprint density at radius 3 is 1.23 bits per heavy atom. The molecule has 0 aromatic carbocycles. The average molecular weight is 624 g/mol. The molecular weight excluding hydrogens is 558 g/mol. The predicted octanol–water partition coefficient (Wildman–Crippen LogP) is 3.95. The third kappa shape index (κ3) is 35.8. The summed E-state index contributed by atoms with van der Waals surface area (Å²) in [6.45, 7) is 26.2. The van der Waals surface area contributed by atoms with E-state index in [1.807, 2.05) is 51.3 Å². The summed E-state index contributed by atoms with van der Waals surface area (Å²) in [4.78, 5) is 48.6. The van der Waals surface area contributed by atoms with Crippen LogP contribution in [0.25, 0.3) is 0 Å². The SMILES string of the molecule is CC(C)N(CCOC=O)CCC(=O)O.CCN(CC)C(C)C.COC(=O)CCN(CCC(=O)OC)C(C)C.COC(C)C. The largest absolute Gasteiger partial charge is 0.481 e. The van der Waals surface area contributed by atoms with E-state index >= 15 is 0 Å². The Balaban J connectivity index is -0.000000255. The third-order valence-electron chi connectivity index (χ3n) is 6.31. The van der Waals surface area contributed by atoms with E-state index in [1.165, 1.54) is 27.3 Å². The minimum atomic E-state index is -0.813. The van der Waals surface area contributed by atoms with Crippen molar-refractivity contribution in [1.29, 1.82) is 0 Å². The molecule has 0 rings (SSSR count). The smallest absolute Gasteiger partial charge is 0.306 e. The molecule has 0 radical (unpaired) electrons. The number of hydrogen-bond acceptors (Lipinski definition) is 11. The molecule has 43 heavy (non-hydrogen) atoms. The van der Waals surface area contributed by atoms with E-state index in [-0.39, 0.29) is 30.4 Å².